The molecule has 0 spiro atoms. The number of carbonyl (C=O) groups is 1. The molecule has 4 rings (SSSR count). The number of hydrogen-bond donors (Lipinski definition) is 1. The lowest BCUT2D eigenvalue weighted by molar-refractivity contribution is 0.0838. The van der Waals surface area contributed by atoms with E-state index in [9.17, 15) is 21.6 Å². The largest absolute Gasteiger partial charge is 0.497 e. The summed E-state index contributed by atoms with van der Waals surface area (Å²) in [5.41, 5.74) is 3.50. The normalized spacial score (nSPS) is 14.5. The number of fused-ring (bicyclic) bond motifs is 1. The average Bonchev–Trinajstić information content (AvgIpc) is 3.11. The Balaban J connectivity index is 1.80. The SMILES string of the molecule is COc1ccc(S(=O)(=O)N(NC2=NS(=O)(=O)c3ccccc32)C(=O)c2ccc(C(C)(C)C)cc2)cc1. The summed E-state index contributed by atoms with van der Waals surface area (Å²) in [6.07, 6.45) is 0. The summed E-state index contributed by atoms with van der Waals surface area (Å²) in [6.45, 7) is 6.05. The molecule has 1 aliphatic rings. The number of benzene rings is 3. The van der Waals surface area contributed by atoms with Gasteiger partial charge in [0.25, 0.3) is 26.0 Å². The zero-order valence-corrected chi connectivity index (χ0v) is 21.7. The maximum Gasteiger partial charge on any atom is 0.286 e. The molecule has 1 N–H and O–H groups in total. The zero-order chi connectivity index (χ0) is 26.3. The first-order chi connectivity index (χ1) is 16.8. The molecule has 3 aromatic rings. The Bertz CT molecular complexity index is 1560. The van der Waals surface area contributed by atoms with Crippen molar-refractivity contribution in [3.63, 3.8) is 0 Å². The standard InChI is InChI=1S/C25H25N3O6S2/c1-25(2,3)18-11-9-17(10-12-18)24(29)28(36(32,33)20-15-13-19(34-4)14-16-20)26-23-21-7-5-6-8-22(21)35(30,31)27-23/h5-16H,1-4H3,(H,26,27). The molecular weight excluding hydrogens is 502 g/mol. The monoisotopic (exact) mass is 527 g/mol. The number of amidine groups is 1. The number of nitrogens with one attached hydrogen (secondary N) is 1. The molecular formula is C25H25N3O6S2. The van der Waals surface area contributed by atoms with E-state index in [2.05, 4.69) is 9.82 Å². The third-order valence-corrected chi connectivity index (χ3v) is 8.56. The van der Waals surface area contributed by atoms with Crippen molar-refractivity contribution >= 4 is 31.8 Å². The molecule has 0 saturated heterocycles. The van der Waals surface area contributed by atoms with E-state index in [4.69, 9.17) is 4.74 Å². The average molecular weight is 528 g/mol. The van der Waals surface area contributed by atoms with Crippen LogP contribution in [0.25, 0.3) is 0 Å². The van der Waals surface area contributed by atoms with Gasteiger partial charge in [-0.2, -0.15) is 16.8 Å². The van der Waals surface area contributed by atoms with Crippen LogP contribution in [0.2, 0.25) is 0 Å². The van der Waals surface area contributed by atoms with E-state index >= 15 is 0 Å². The predicted molar refractivity (Wildman–Crippen MR) is 135 cm³/mol. The maximum absolute atomic E-state index is 13.6. The van der Waals surface area contributed by atoms with Crippen molar-refractivity contribution in [3.8, 4) is 5.75 Å². The summed E-state index contributed by atoms with van der Waals surface area (Å²) in [4.78, 5) is 13.3. The highest BCUT2D eigenvalue weighted by atomic mass is 32.2. The minimum Gasteiger partial charge on any atom is -0.497 e. The van der Waals surface area contributed by atoms with Crippen LogP contribution in [0.15, 0.2) is 87.0 Å². The Hall–Kier alpha value is -3.70. The van der Waals surface area contributed by atoms with Crippen LogP contribution in [0.4, 0.5) is 0 Å². The van der Waals surface area contributed by atoms with Crippen LogP contribution in [0, 0.1) is 0 Å². The fourth-order valence-electron chi connectivity index (χ4n) is 3.59. The molecule has 1 aliphatic heterocycles. The fraction of sp³-hybridized carbons (Fsp3) is 0.200. The fourth-order valence-corrected chi connectivity index (χ4v) is 5.98. The second-order valence-corrected chi connectivity index (χ2v) is 12.5. The molecule has 11 heteroatoms. The number of carbonyl (C=O) groups excluding carboxylic acids is 1. The van der Waals surface area contributed by atoms with Gasteiger partial charge in [-0.15, -0.1) is 8.81 Å². The van der Waals surface area contributed by atoms with Gasteiger partial charge in [-0.3, -0.25) is 10.2 Å². The maximum atomic E-state index is 13.6. The molecule has 0 fully saturated rings. The number of methoxy groups -OCH3 is 1. The number of amides is 1. The molecule has 0 saturated carbocycles. The Morgan fingerprint density at radius 2 is 1.56 bits per heavy atom. The zero-order valence-electron chi connectivity index (χ0n) is 20.1. The summed E-state index contributed by atoms with van der Waals surface area (Å²) >= 11 is 0. The van der Waals surface area contributed by atoms with Crippen molar-refractivity contribution in [2.45, 2.75) is 36.0 Å². The van der Waals surface area contributed by atoms with Gasteiger partial charge in [-0.05, 0) is 59.5 Å². The van der Waals surface area contributed by atoms with E-state index in [1.54, 1.807) is 18.2 Å². The molecule has 36 heavy (non-hydrogen) atoms. The number of nitrogens with zero attached hydrogens (tertiary/aromatic N) is 2. The van der Waals surface area contributed by atoms with Crippen molar-refractivity contribution in [2.24, 2.45) is 4.40 Å². The van der Waals surface area contributed by atoms with Gasteiger partial charge in [0.15, 0.2) is 5.84 Å². The first-order valence-corrected chi connectivity index (χ1v) is 13.8. The van der Waals surface area contributed by atoms with Crippen LogP contribution in [-0.4, -0.2) is 40.1 Å². The summed E-state index contributed by atoms with van der Waals surface area (Å²) in [5.74, 6) is -0.754. The Kier molecular flexibility index (Phi) is 6.40. The Morgan fingerprint density at radius 3 is 2.14 bits per heavy atom. The van der Waals surface area contributed by atoms with Crippen LogP contribution < -0.4 is 10.2 Å². The quantitative estimate of drug-likeness (QED) is 0.516. The lowest BCUT2D eigenvalue weighted by Gasteiger charge is -2.24. The molecule has 1 heterocycles. The molecule has 3 aromatic carbocycles. The molecule has 0 aromatic heterocycles. The van der Waals surface area contributed by atoms with Gasteiger partial charge in [0, 0.05) is 11.1 Å². The third-order valence-electron chi connectivity index (χ3n) is 5.62. The second-order valence-electron chi connectivity index (χ2n) is 9.10. The Morgan fingerprint density at radius 1 is 0.944 bits per heavy atom. The lowest BCUT2D eigenvalue weighted by atomic mass is 9.87. The second kappa shape index (κ2) is 9.07. The van der Waals surface area contributed by atoms with Crippen molar-refractivity contribution in [2.75, 3.05) is 7.11 Å². The highest BCUT2D eigenvalue weighted by molar-refractivity contribution is 7.91. The van der Waals surface area contributed by atoms with Crippen LogP contribution in [-0.2, 0) is 25.5 Å². The molecule has 188 valence electrons. The highest BCUT2D eigenvalue weighted by Gasteiger charge is 2.36. The molecule has 0 unspecified atom stereocenters. The van der Waals surface area contributed by atoms with Gasteiger partial charge in [0.2, 0.25) is 0 Å². The number of hydrogen-bond acceptors (Lipinski definition) is 7. The van der Waals surface area contributed by atoms with Gasteiger partial charge in [0.1, 0.15) is 10.6 Å². The summed E-state index contributed by atoms with van der Waals surface area (Å²) in [7, 11) is -7.11. The molecule has 0 atom stereocenters. The molecule has 0 bridgehead atoms. The number of sulfonamides is 2. The van der Waals surface area contributed by atoms with Crippen molar-refractivity contribution in [3.05, 3.63) is 89.5 Å². The first-order valence-electron chi connectivity index (χ1n) is 10.9. The van der Waals surface area contributed by atoms with Gasteiger partial charge >= 0.3 is 0 Å². The molecule has 0 radical (unpaired) electrons. The smallest absolute Gasteiger partial charge is 0.286 e. The van der Waals surface area contributed by atoms with E-state index in [1.807, 2.05) is 20.8 Å². The summed E-state index contributed by atoms with van der Waals surface area (Å²) in [5, 5.41) is 0. The van der Waals surface area contributed by atoms with E-state index in [0.717, 1.165) is 5.56 Å². The van der Waals surface area contributed by atoms with Crippen LogP contribution in [0.1, 0.15) is 42.3 Å². The molecule has 1 amide bonds. The number of hydrazine groups is 1. The summed E-state index contributed by atoms with van der Waals surface area (Å²) < 4.78 is 61.5. The predicted octanol–water partition coefficient (Wildman–Crippen LogP) is 3.48. The minimum absolute atomic E-state index is 0.0855. The van der Waals surface area contributed by atoms with Crippen molar-refractivity contribution < 1.29 is 26.4 Å². The van der Waals surface area contributed by atoms with Gasteiger partial charge in [0.05, 0.1) is 12.0 Å². The number of ether oxygens (including phenoxy) is 1. The van der Waals surface area contributed by atoms with Gasteiger partial charge < -0.3 is 4.74 Å². The summed E-state index contributed by atoms with van der Waals surface area (Å²) in [6, 6.07) is 18.0. The van der Waals surface area contributed by atoms with E-state index in [1.165, 1.54) is 61.7 Å². The lowest BCUT2D eigenvalue weighted by Crippen LogP contribution is -2.49. The number of rotatable bonds is 4. The van der Waals surface area contributed by atoms with E-state index < -0.39 is 26.0 Å². The Labute approximate surface area is 210 Å². The van der Waals surface area contributed by atoms with Crippen molar-refractivity contribution in [1.29, 1.82) is 0 Å². The first kappa shape index (κ1) is 25.4. The van der Waals surface area contributed by atoms with Gasteiger partial charge in [-0.1, -0.05) is 45.0 Å². The minimum atomic E-state index is -4.50. The van der Waals surface area contributed by atoms with Crippen LogP contribution >= 0.6 is 0 Å². The highest BCUT2D eigenvalue weighted by Crippen LogP contribution is 2.27. The van der Waals surface area contributed by atoms with E-state index in [-0.39, 0.29) is 32.2 Å². The molecule has 0 aliphatic carbocycles. The molecule has 9 nitrogen and oxygen atoms in total. The van der Waals surface area contributed by atoms with Gasteiger partial charge in [-0.25, -0.2) is 0 Å². The van der Waals surface area contributed by atoms with Crippen LogP contribution in [0.5, 0.6) is 5.75 Å². The van der Waals surface area contributed by atoms with E-state index in [0.29, 0.717) is 10.2 Å². The third kappa shape index (κ3) is 4.71. The van der Waals surface area contributed by atoms with Crippen molar-refractivity contribution in [1.82, 2.24) is 9.84 Å². The topological polar surface area (TPSA) is 122 Å². The van der Waals surface area contributed by atoms with Crippen LogP contribution in [0.3, 0.4) is 0 Å².